The summed E-state index contributed by atoms with van der Waals surface area (Å²) < 4.78 is 32.8. The molecular formula is C22H28N4O4S. The number of ether oxygens (including phenoxy) is 1. The van der Waals surface area contributed by atoms with Crippen LogP contribution < -0.4 is 14.4 Å². The summed E-state index contributed by atoms with van der Waals surface area (Å²) in [5.41, 5.74) is 0.398. The number of benzene rings is 1. The molecule has 0 unspecified atom stereocenters. The van der Waals surface area contributed by atoms with Crippen LogP contribution in [0.4, 0.5) is 11.5 Å². The zero-order valence-electron chi connectivity index (χ0n) is 17.7. The van der Waals surface area contributed by atoms with Crippen LogP contribution in [0.15, 0.2) is 47.5 Å². The topological polar surface area (TPSA) is 91.8 Å². The molecule has 0 atom stereocenters. The number of carbonyl (C=O) groups is 1. The first-order valence-corrected chi connectivity index (χ1v) is 12.1. The van der Waals surface area contributed by atoms with Crippen molar-refractivity contribution in [2.24, 2.45) is 5.92 Å². The maximum atomic E-state index is 12.6. The summed E-state index contributed by atoms with van der Waals surface area (Å²) >= 11 is 0. The van der Waals surface area contributed by atoms with E-state index < -0.39 is 10.0 Å². The van der Waals surface area contributed by atoms with Crippen molar-refractivity contribution in [1.82, 2.24) is 9.88 Å². The normalized spacial score (nSPS) is 17.6. The Morgan fingerprint density at radius 1 is 1.03 bits per heavy atom. The van der Waals surface area contributed by atoms with Gasteiger partial charge in [0, 0.05) is 32.1 Å². The Labute approximate surface area is 183 Å². The van der Waals surface area contributed by atoms with Crippen molar-refractivity contribution in [3.05, 3.63) is 42.6 Å². The monoisotopic (exact) mass is 444 g/mol. The molecule has 31 heavy (non-hydrogen) atoms. The van der Waals surface area contributed by atoms with Crippen LogP contribution >= 0.6 is 0 Å². The molecule has 1 saturated heterocycles. The van der Waals surface area contributed by atoms with Crippen LogP contribution in [0.3, 0.4) is 0 Å². The van der Waals surface area contributed by atoms with Gasteiger partial charge < -0.3 is 14.5 Å². The van der Waals surface area contributed by atoms with Gasteiger partial charge in [-0.05, 0) is 49.2 Å². The number of nitrogens with zero attached hydrogens (tertiary/aromatic N) is 3. The zero-order chi connectivity index (χ0) is 21.8. The number of amides is 1. The summed E-state index contributed by atoms with van der Waals surface area (Å²) in [5, 5.41) is 0. The van der Waals surface area contributed by atoms with Gasteiger partial charge in [-0.3, -0.25) is 9.52 Å². The third-order valence-electron chi connectivity index (χ3n) is 5.99. The fourth-order valence-electron chi connectivity index (χ4n) is 4.19. The highest BCUT2D eigenvalue weighted by molar-refractivity contribution is 7.92. The van der Waals surface area contributed by atoms with Crippen LogP contribution in [0.1, 0.15) is 25.7 Å². The number of anilines is 2. The number of carbonyl (C=O) groups excluding carboxylic acids is 1. The minimum absolute atomic E-state index is 0.153. The van der Waals surface area contributed by atoms with Crippen LogP contribution in [0, 0.1) is 5.92 Å². The minimum atomic E-state index is -3.70. The predicted molar refractivity (Wildman–Crippen MR) is 119 cm³/mol. The van der Waals surface area contributed by atoms with E-state index >= 15 is 0 Å². The van der Waals surface area contributed by atoms with E-state index in [2.05, 4.69) is 14.6 Å². The van der Waals surface area contributed by atoms with E-state index in [9.17, 15) is 13.2 Å². The predicted octanol–water partition coefficient (Wildman–Crippen LogP) is 2.73. The van der Waals surface area contributed by atoms with E-state index in [1.165, 1.54) is 25.4 Å². The average molecular weight is 445 g/mol. The Morgan fingerprint density at radius 2 is 1.71 bits per heavy atom. The minimum Gasteiger partial charge on any atom is -0.497 e. The summed E-state index contributed by atoms with van der Waals surface area (Å²) in [7, 11) is -2.17. The van der Waals surface area contributed by atoms with Gasteiger partial charge in [0.1, 0.15) is 11.6 Å². The lowest BCUT2D eigenvalue weighted by molar-refractivity contribution is -0.135. The van der Waals surface area contributed by atoms with Gasteiger partial charge in [-0.2, -0.15) is 0 Å². The Kier molecular flexibility index (Phi) is 6.31. The van der Waals surface area contributed by atoms with Crippen molar-refractivity contribution in [2.75, 3.05) is 42.9 Å². The SMILES string of the molecule is COc1ccc(S(=O)(=O)Nc2ccc(N3CCN(C(=O)C4CCCC4)CC3)nc2)cc1. The number of aromatic nitrogens is 1. The van der Waals surface area contributed by atoms with Gasteiger partial charge in [0.25, 0.3) is 10.0 Å². The molecule has 4 rings (SSSR count). The van der Waals surface area contributed by atoms with Gasteiger partial charge in [0.15, 0.2) is 0 Å². The lowest BCUT2D eigenvalue weighted by Gasteiger charge is -2.36. The number of hydrogen-bond acceptors (Lipinski definition) is 6. The van der Waals surface area contributed by atoms with Gasteiger partial charge in [0.05, 0.1) is 23.9 Å². The Hall–Kier alpha value is -2.81. The first-order valence-electron chi connectivity index (χ1n) is 10.6. The summed E-state index contributed by atoms with van der Waals surface area (Å²) in [5.74, 6) is 1.88. The lowest BCUT2D eigenvalue weighted by atomic mass is 10.1. The van der Waals surface area contributed by atoms with Crippen molar-refractivity contribution >= 4 is 27.4 Å². The van der Waals surface area contributed by atoms with E-state index in [0.29, 0.717) is 30.4 Å². The molecule has 1 amide bonds. The smallest absolute Gasteiger partial charge is 0.261 e. The van der Waals surface area contributed by atoms with Crippen molar-refractivity contribution in [3.8, 4) is 5.75 Å². The highest BCUT2D eigenvalue weighted by atomic mass is 32.2. The second kappa shape index (κ2) is 9.13. The van der Waals surface area contributed by atoms with E-state index in [-0.39, 0.29) is 10.8 Å². The van der Waals surface area contributed by atoms with E-state index in [4.69, 9.17) is 4.74 Å². The largest absolute Gasteiger partial charge is 0.497 e. The van der Waals surface area contributed by atoms with E-state index in [1.807, 2.05) is 4.90 Å². The molecule has 9 heteroatoms. The number of pyridine rings is 1. The molecule has 0 radical (unpaired) electrons. The van der Waals surface area contributed by atoms with Crippen molar-refractivity contribution in [3.63, 3.8) is 0 Å². The molecule has 1 aliphatic carbocycles. The molecule has 2 fully saturated rings. The maximum Gasteiger partial charge on any atom is 0.261 e. The Bertz CT molecular complexity index is 995. The number of methoxy groups -OCH3 is 1. The van der Waals surface area contributed by atoms with Crippen molar-refractivity contribution in [2.45, 2.75) is 30.6 Å². The molecule has 1 aliphatic heterocycles. The molecule has 1 aromatic carbocycles. The van der Waals surface area contributed by atoms with E-state index in [0.717, 1.165) is 44.6 Å². The van der Waals surface area contributed by atoms with Gasteiger partial charge >= 0.3 is 0 Å². The molecule has 166 valence electrons. The quantitative estimate of drug-likeness (QED) is 0.737. The van der Waals surface area contributed by atoms with E-state index in [1.54, 1.807) is 24.3 Å². The second-order valence-electron chi connectivity index (χ2n) is 7.98. The molecular weight excluding hydrogens is 416 g/mol. The summed E-state index contributed by atoms with van der Waals surface area (Å²) in [6, 6.07) is 9.71. The molecule has 2 aromatic rings. The highest BCUT2D eigenvalue weighted by Crippen LogP contribution is 2.27. The average Bonchev–Trinajstić information content (AvgIpc) is 3.34. The zero-order valence-corrected chi connectivity index (χ0v) is 18.5. The molecule has 2 heterocycles. The van der Waals surface area contributed by atoms with Crippen molar-refractivity contribution in [1.29, 1.82) is 0 Å². The third-order valence-corrected chi connectivity index (χ3v) is 7.39. The molecule has 8 nitrogen and oxygen atoms in total. The summed E-state index contributed by atoms with van der Waals surface area (Å²) in [4.78, 5) is 21.3. The highest BCUT2D eigenvalue weighted by Gasteiger charge is 2.29. The lowest BCUT2D eigenvalue weighted by Crippen LogP contribution is -2.50. The fraction of sp³-hybridized carbons (Fsp3) is 0.455. The van der Waals surface area contributed by atoms with Crippen molar-refractivity contribution < 1.29 is 17.9 Å². The molecule has 1 saturated carbocycles. The van der Waals surface area contributed by atoms with Crippen LogP contribution in [0.5, 0.6) is 5.75 Å². The molecule has 1 N–H and O–H groups in total. The standard InChI is InChI=1S/C22H28N4O4S/c1-30-19-7-9-20(10-8-19)31(28,29)24-18-6-11-21(23-16-18)25-12-14-26(15-13-25)22(27)17-4-2-3-5-17/h6-11,16-17,24H,2-5,12-15H2,1H3. The van der Waals surface area contributed by atoms with Crippen LogP contribution in [-0.4, -0.2) is 57.5 Å². The molecule has 0 bridgehead atoms. The Balaban J connectivity index is 1.34. The fourth-order valence-corrected chi connectivity index (χ4v) is 5.23. The van der Waals surface area contributed by atoms with Gasteiger partial charge in [0.2, 0.25) is 5.91 Å². The summed E-state index contributed by atoms with van der Waals surface area (Å²) in [6.07, 6.45) is 5.89. The van der Waals surface area contributed by atoms with Crippen LogP contribution in [0.25, 0.3) is 0 Å². The van der Waals surface area contributed by atoms with Crippen LogP contribution in [0.2, 0.25) is 0 Å². The first-order chi connectivity index (χ1) is 15.0. The molecule has 1 aromatic heterocycles. The Morgan fingerprint density at radius 3 is 2.29 bits per heavy atom. The number of hydrogen-bond donors (Lipinski definition) is 1. The first kappa shape index (κ1) is 21.4. The number of sulfonamides is 1. The molecule has 2 aliphatic rings. The second-order valence-corrected chi connectivity index (χ2v) is 9.66. The third kappa shape index (κ3) is 4.92. The van der Waals surface area contributed by atoms with Gasteiger partial charge in [-0.1, -0.05) is 12.8 Å². The van der Waals surface area contributed by atoms with Crippen LogP contribution in [-0.2, 0) is 14.8 Å². The van der Waals surface area contributed by atoms with Gasteiger partial charge in [-0.25, -0.2) is 13.4 Å². The van der Waals surface area contributed by atoms with Gasteiger partial charge in [-0.15, -0.1) is 0 Å². The maximum absolute atomic E-state index is 12.6. The summed E-state index contributed by atoms with van der Waals surface area (Å²) in [6.45, 7) is 2.84. The number of rotatable bonds is 6. The number of piperazine rings is 1. The number of nitrogens with one attached hydrogen (secondary N) is 1. The molecule has 0 spiro atoms.